The van der Waals surface area contributed by atoms with Crippen molar-refractivity contribution in [2.45, 2.75) is 13.3 Å². The van der Waals surface area contributed by atoms with Crippen LogP contribution in [0, 0.1) is 5.25 Å². The van der Waals surface area contributed by atoms with Gasteiger partial charge in [0.1, 0.15) is 0 Å². The summed E-state index contributed by atoms with van der Waals surface area (Å²) in [7, 11) is 0. The number of rotatable bonds is 2. The van der Waals surface area contributed by atoms with Crippen LogP contribution in [0.2, 0.25) is 0 Å². The van der Waals surface area contributed by atoms with E-state index in [1.54, 1.807) is 0 Å². The molecule has 0 saturated heterocycles. The molecule has 1 rings (SSSR count). The normalized spacial score (nSPS) is 10.3. The third-order valence-corrected chi connectivity index (χ3v) is 2.02. The highest BCUT2D eigenvalue weighted by atomic mass is 32.1. The van der Waals surface area contributed by atoms with Crippen molar-refractivity contribution in [3.63, 3.8) is 0 Å². The van der Waals surface area contributed by atoms with Crippen LogP contribution in [-0.2, 0) is 0 Å². The van der Waals surface area contributed by atoms with E-state index in [4.69, 9.17) is 0 Å². The molecular formula is C9H11S. The Kier molecular flexibility index (Phi) is 2.82. The van der Waals surface area contributed by atoms with Crippen LogP contribution in [0.25, 0.3) is 0 Å². The molecule has 1 radical (unpaired) electrons. The second-order valence-electron chi connectivity index (χ2n) is 2.17. The Morgan fingerprint density at radius 3 is 2.40 bits per heavy atom. The van der Waals surface area contributed by atoms with Gasteiger partial charge < -0.3 is 0 Å². The van der Waals surface area contributed by atoms with Crippen LogP contribution >= 0.6 is 12.6 Å². The SMILES string of the molecule is CC[C](S)c1ccccc1. The minimum atomic E-state index is 1.01. The van der Waals surface area contributed by atoms with Gasteiger partial charge in [0.2, 0.25) is 0 Å². The van der Waals surface area contributed by atoms with E-state index in [0.717, 1.165) is 11.7 Å². The third-order valence-electron chi connectivity index (χ3n) is 1.44. The highest BCUT2D eigenvalue weighted by molar-refractivity contribution is 7.83. The first kappa shape index (κ1) is 7.67. The van der Waals surface area contributed by atoms with Crippen LogP contribution in [0.4, 0.5) is 0 Å². The number of benzene rings is 1. The summed E-state index contributed by atoms with van der Waals surface area (Å²) in [6, 6.07) is 10.2. The van der Waals surface area contributed by atoms with Gasteiger partial charge in [0.15, 0.2) is 0 Å². The largest absolute Gasteiger partial charge is 0.166 e. The fraction of sp³-hybridized carbons (Fsp3) is 0.222. The molecule has 0 heterocycles. The molecule has 0 nitrogen and oxygen atoms in total. The standard InChI is InChI=1S/C9H11S/c1-2-9(10)8-6-4-3-5-7-8/h3-7,10H,2H2,1H3. The van der Waals surface area contributed by atoms with Crippen LogP contribution in [0.3, 0.4) is 0 Å². The summed E-state index contributed by atoms with van der Waals surface area (Å²) < 4.78 is 0. The zero-order chi connectivity index (χ0) is 7.40. The van der Waals surface area contributed by atoms with Crippen molar-refractivity contribution in [1.82, 2.24) is 0 Å². The second-order valence-corrected chi connectivity index (χ2v) is 2.71. The highest BCUT2D eigenvalue weighted by Gasteiger charge is 2.01. The maximum Gasteiger partial charge on any atom is 0.0560 e. The first-order chi connectivity index (χ1) is 4.84. The molecule has 0 aliphatic carbocycles. The fourth-order valence-corrected chi connectivity index (χ4v) is 0.984. The van der Waals surface area contributed by atoms with Gasteiger partial charge in [-0.1, -0.05) is 37.3 Å². The Morgan fingerprint density at radius 2 is 1.90 bits per heavy atom. The van der Waals surface area contributed by atoms with Crippen molar-refractivity contribution in [2.75, 3.05) is 0 Å². The quantitative estimate of drug-likeness (QED) is 0.617. The molecule has 1 aromatic carbocycles. The molecule has 0 fully saturated rings. The maximum absolute atomic E-state index is 4.34. The van der Waals surface area contributed by atoms with Gasteiger partial charge in [0.05, 0.1) is 5.25 Å². The van der Waals surface area contributed by atoms with E-state index < -0.39 is 0 Å². The molecule has 0 saturated carbocycles. The monoisotopic (exact) mass is 151 g/mol. The van der Waals surface area contributed by atoms with E-state index in [0.29, 0.717) is 0 Å². The lowest BCUT2D eigenvalue weighted by Crippen LogP contribution is -1.86. The van der Waals surface area contributed by atoms with Crippen LogP contribution in [0.1, 0.15) is 18.9 Å². The van der Waals surface area contributed by atoms with Gasteiger partial charge in [-0.25, -0.2) is 0 Å². The van der Waals surface area contributed by atoms with Gasteiger partial charge >= 0.3 is 0 Å². The van der Waals surface area contributed by atoms with Gasteiger partial charge in [0, 0.05) is 0 Å². The molecule has 0 amide bonds. The van der Waals surface area contributed by atoms with Crippen molar-refractivity contribution in [3.8, 4) is 0 Å². The minimum Gasteiger partial charge on any atom is -0.166 e. The van der Waals surface area contributed by atoms with Crippen molar-refractivity contribution in [1.29, 1.82) is 0 Å². The summed E-state index contributed by atoms with van der Waals surface area (Å²) in [5, 5.41) is 1.15. The Bertz CT molecular complexity index is 181. The summed E-state index contributed by atoms with van der Waals surface area (Å²) in [6.07, 6.45) is 1.01. The summed E-state index contributed by atoms with van der Waals surface area (Å²) in [4.78, 5) is 0. The lowest BCUT2D eigenvalue weighted by molar-refractivity contribution is 1.09. The van der Waals surface area contributed by atoms with E-state index >= 15 is 0 Å². The molecule has 0 unspecified atom stereocenters. The Morgan fingerprint density at radius 1 is 1.30 bits per heavy atom. The van der Waals surface area contributed by atoms with Crippen molar-refractivity contribution >= 4 is 12.6 Å². The van der Waals surface area contributed by atoms with Crippen LogP contribution in [0.5, 0.6) is 0 Å². The van der Waals surface area contributed by atoms with Crippen molar-refractivity contribution in [2.24, 2.45) is 0 Å². The van der Waals surface area contributed by atoms with Crippen LogP contribution in [0.15, 0.2) is 30.3 Å². The molecule has 0 bridgehead atoms. The van der Waals surface area contributed by atoms with Gasteiger partial charge in [-0.05, 0) is 12.0 Å². The van der Waals surface area contributed by atoms with Crippen molar-refractivity contribution < 1.29 is 0 Å². The lowest BCUT2D eigenvalue weighted by Gasteiger charge is -2.04. The predicted molar refractivity (Wildman–Crippen MR) is 48.1 cm³/mol. The van der Waals surface area contributed by atoms with Gasteiger partial charge in [0.25, 0.3) is 0 Å². The second kappa shape index (κ2) is 3.67. The number of thiol groups is 1. The Balaban J connectivity index is 2.75. The first-order valence-electron chi connectivity index (χ1n) is 3.44. The molecule has 53 valence electrons. The van der Waals surface area contributed by atoms with Crippen LogP contribution < -0.4 is 0 Å². The molecule has 0 aliphatic heterocycles. The zero-order valence-electron chi connectivity index (χ0n) is 6.04. The maximum atomic E-state index is 4.34. The molecule has 1 aromatic rings. The van der Waals surface area contributed by atoms with E-state index in [1.807, 2.05) is 18.2 Å². The molecule has 10 heavy (non-hydrogen) atoms. The summed E-state index contributed by atoms with van der Waals surface area (Å²) in [5.41, 5.74) is 1.23. The summed E-state index contributed by atoms with van der Waals surface area (Å²) in [5.74, 6) is 0. The number of hydrogen-bond acceptors (Lipinski definition) is 1. The van der Waals surface area contributed by atoms with Crippen LogP contribution in [-0.4, -0.2) is 0 Å². The lowest BCUT2D eigenvalue weighted by atomic mass is 10.1. The molecular weight excluding hydrogens is 140 g/mol. The van der Waals surface area contributed by atoms with Gasteiger partial charge in [-0.2, -0.15) is 12.6 Å². The van der Waals surface area contributed by atoms with E-state index in [9.17, 15) is 0 Å². The third kappa shape index (κ3) is 1.77. The Labute approximate surface area is 67.7 Å². The number of hydrogen-bond donors (Lipinski definition) is 1. The minimum absolute atomic E-state index is 1.01. The summed E-state index contributed by atoms with van der Waals surface area (Å²) >= 11 is 4.34. The molecule has 0 spiro atoms. The van der Waals surface area contributed by atoms with E-state index in [-0.39, 0.29) is 0 Å². The Hall–Kier alpha value is -0.430. The average molecular weight is 151 g/mol. The van der Waals surface area contributed by atoms with Gasteiger partial charge in [-0.15, -0.1) is 0 Å². The molecule has 0 aromatic heterocycles. The molecule has 1 heteroatoms. The average Bonchev–Trinajstić information content (AvgIpc) is 2.05. The topological polar surface area (TPSA) is 0 Å². The first-order valence-corrected chi connectivity index (χ1v) is 3.89. The molecule has 0 aliphatic rings. The predicted octanol–water partition coefficient (Wildman–Crippen LogP) is 2.91. The molecule has 0 atom stereocenters. The van der Waals surface area contributed by atoms with Crippen molar-refractivity contribution in [3.05, 3.63) is 41.1 Å². The highest BCUT2D eigenvalue weighted by Crippen LogP contribution is 2.20. The summed E-state index contributed by atoms with van der Waals surface area (Å²) in [6.45, 7) is 2.11. The van der Waals surface area contributed by atoms with E-state index in [1.165, 1.54) is 5.56 Å². The smallest absolute Gasteiger partial charge is 0.0560 e. The van der Waals surface area contributed by atoms with Gasteiger partial charge in [-0.3, -0.25) is 0 Å². The fourth-order valence-electron chi connectivity index (χ4n) is 0.835. The molecule has 0 N–H and O–H groups in total. The van der Waals surface area contributed by atoms with E-state index in [2.05, 4.69) is 31.7 Å². The zero-order valence-corrected chi connectivity index (χ0v) is 6.94.